The van der Waals surface area contributed by atoms with E-state index in [0.29, 0.717) is 54.9 Å². The molecule has 1 atom stereocenters. The van der Waals surface area contributed by atoms with Gasteiger partial charge in [-0.25, -0.2) is 0 Å². The van der Waals surface area contributed by atoms with Crippen LogP contribution in [-0.2, 0) is 11.3 Å². The van der Waals surface area contributed by atoms with Gasteiger partial charge in [-0.1, -0.05) is 29.3 Å². The van der Waals surface area contributed by atoms with Gasteiger partial charge in [0.1, 0.15) is 13.2 Å². The van der Waals surface area contributed by atoms with E-state index in [0.717, 1.165) is 24.0 Å². The molecule has 7 heteroatoms. The maximum absolute atomic E-state index is 12.8. The maximum atomic E-state index is 12.8. The highest BCUT2D eigenvalue weighted by Crippen LogP contribution is 2.38. The van der Waals surface area contributed by atoms with E-state index in [2.05, 4.69) is 5.32 Å². The normalized spacial score (nSPS) is 18.1. The molecule has 2 aromatic carbocycles. The molecule has 2 aliphatic heterocycles. The molecule has 1 saturated heterocycles. The maximum Gasteiger partial charge on any atom is 0.253 e. The molecule has 30 heavy (non-hydrogen) atoms. The van der Waals surface area contributed by atoms with Gasteiger partial charge in [0.25, 0.3) is 5.91 Å². The van der Waals surface area contributed by atoms with Crippen LogP contribution in [0.25, 0.3) is 0 Å². The average Bonchev–Trinajstić information content (AvgIpc) is 2.77. The number of nitrogens with one attached hydrogen (secondary N) is 1. The molecule has 0 aromatic heterocycles. The summed E-state index contributed by atoms with van der Waals surface area (Å²) < 4.78 is 11.1. The van der Waals surface area contributed by atoms with Gasteiger partial charge in [-0.3, -0.25) is 9.59 Å². The molecule has 0 spiro atoms. The summed E-state index contributed by atoms with van der Waals surface area (Å²) >= 11 is 6.27. The van der Waals surface area contributed by atoms with Gasteiger partial charge in [0.15, 0.2) is 11.5 Å². The summed E-state index contributed by atoms with van der Waals surface area (Å²) in [5, 5.41) is 3.45. The first-order valence-corrected chi connectivity index (χ1v) is 10.6. The lowest BCUT2D eigenvalue weighted by Crippen LogP contribution is -2.45. The van der Waals surface area contributed by atoms with Gasteiger partial charge < -0.3 is 19.7 Å². The molecule has 1 fully saturated rings. The Morgan fingerprint density at radius 2 is 1.93 bits per heavy atom. The Morgan fingerprint density at radius 3 is 2.73 bits per heavy atom. The predicted molar refractivity (Wildman–Crippen MR) is 114 cm³/mol. The Kier molecular flexibility index (Phi) is 6.13. The SMILES string of the molecule is Cc1ccc(C(=O)N2CCCC(C(=O)NCc3cc(Cl)c4c(c3)OCCO4)C2)cc1. The highest BCUT2D eigenvalue weighted by atomic mass is 35.5. The third-order valence-corrected chi connectivity index (χ3v) is 5.78. The van der Waals surface area contributed by atoms with Crippen LogP contribution in [0, 0.1) is 12.8 Å². The van der Waals surface area contributed by atoms with E-state index < -0.39 is 0 Å². The summed E-state index contributed by atoms with van der Waals surface area (Å²) in [5.41, 5.74) is 2.62. The molecular formula is C23H25ClN2O4. The van der Waals surface area contributed by atoms with Crippen molar-refractivity contribution in [2.75, 3.05) is 26.3 Å². The number of halogens is 1. The van der Waals surface area contributed by atoms with Crippen LogP contribution in [0.5, 0.6) is 11.5 Å². The Labute approximate surface area is 181 Å². The van der Waals surface area contributed by atoms with Crippen LogP contribution < -0.4 is 14.8 Å². The van der Waals surface area contributed by atoms with E-state index in [9.17, 15) is 9.59 Å². The average molecular weight is 429 g/mol. The van der Waals surface area contributed by atoms with Crippen molar-refractivity contribution in [2.45, 2.75) is 26.3 Å². The second-order valence-electron chi connectivity index (χ2n) is 7.78. The second kappa shape index (κ2) is 8.96. The molecule has 1 unspecified atom stereocenters. The number of carbonyl (C=O) groups excluding carboxylic acids is 2. The largest absolute Gasteiger partial charge is 0.486 e. The third-order valence-electron chi connectivity index (χ3n) is 5.50. The van der Waals surface area contributed by atoms with Gasteiger partial charge >= 0.3 is 0 Å². The molecule has 4 rings (SSSR count). The number of aryl methyl sites for hydroxylation is 1. The Balaban J connectivity index is 1.36. The standard InChI is InChI=1S/C23H25ClN2O4/c1-15-4-6-17(7-5-15)23(28)26-8-2-3-18(14-26)22(27)25-13-16-11-19(24)21-20(12-16)29-9-10-30-21/h4-7,11-12,18H,2-3,8-10,13-14H2,1H3,(H,25,27). The minimum Gasteiger partial charge on any atom is -0.486 e. The van der Waals surface area contributed by atoms with Crippen molar-refractivity contribution in [2.24, 2.45) is 5.92 Å². The zero-order valence-electron chi connectivity index (χ0n) is 16.9. The van der Waals surface area contributed by atoms with E-state index in [1.807, 2.05) is 37.3 Å². The fourth-order valence-corrected chi connectivity index (χ4v) is 4.14. The fraction of sp³-hybridized carbons (Fsp3) is 0.391. The molecule has 0 saturated carbocycles. The Hall–Kier alpha value is -2.73. The first-order chi connectivity index (χ1) is 14.5. The molecule has 0 radical (unpaired) electrons. The molecule has 158 valence electrons. The van der Waals surface area contributed by atoms with Crippen molar-refractivity contribution < 1.29 is 19.1 Å². The van der Waals surface area contributed by atoms with Gasteiger partial charge in [0, 0.05) is 25.2 Å². The summed E-state index contributed by atoms with van der Waals surface area (Å²) in [6.07, 6.45) is 1.58. The van der Waals surface area contributed by atoms with Crippen LogP contribution in [-0.4, -0.2) is 43.0 Å². The molecule has 6 nitrogen and oxygen atoms in total. The molecule has 2 aromatic rings. The van der Waals surface area contributed by atoms with Crippen LogP contribution in [0.2, 0.25) is 5.02 Å². The first kappa shape index (κ1) is 20.5. The minimum atomic E-state index is -0.221. The number of nitrogens with zero attached hydrogens (tertiary/aromatic N) is 1. The second-order valence-corrected chi connectivity index (χ2v) is 8.18. The molecule has 1 N–H and O–H groups in total. The van der Waals surface area contributed by atoms with Crippen molar-refractivity contribution in [3.8, 4) is 11.5 Å². The van der Waals surface area contributed by atoms with Crippen LogP contribution in [0.4, 0.5) is 0 Å². The fourth-order valence-electron chi connectivity index (χ4n) is 3.85. The summed E-state index contributed by atoms with van der Waals surface area (Å²) in [4.78, 5) is 27.3. The van der Waals surface area contributed by atoms with E-state index in [1.54, 1.807) is 11.0 Å². The summed E-state index contributed by atoms with van der Waals surface area (Å²) in [6.45, 7) is 4.39. The number of rotatable bonds is 4. The molecule has 0 aliphatic carbocycles. The van der Waals surface area contributed by atoms with Gasteiger partial charge in [0.2, 0.25) is 5.91 Å². The zero-order valence-corrected chi connectivity index (χ0v) is 17.7. The Bertz CT molecular complexity index is 945. The molecule has 2 heterocycles. The number of ether oxygens (including phenoxy) is 2. The molecule has 2 amide bonds. The number of carbonyl (C=O) groups is 2. The van der Waals surface area contributed by atoms with Gasteiger partial charge in [0.05, 0.1) is 10.9 Å². The number of hydrogen-bond acceptors (Lipinski definition) is 4. The minimum absolute atomic E-state index is 0.0221. The third kappa shape index (κ3) is 4.54. The summed E-state index contributed by atoms with van der Waals surface area (Å²) in [7, 11) is 0. The summed E-state index contributed by atoms with van der Waals surface area (Å²) in [6, 6.07) is 11.2. The highest BCUT2D eigenvalue weighted by Gasteiger charge is 2.29. The van der Waals surface area contributed by atoms with Crippen molar-refractivity contribution in [3.05, 3.63) is 58.1 Å². The monoisotopic (exact) mass is 428 g/mol. The van der Waals surface area contributed by atoms with Crippen molar-refractivity contribution in [3.63, 3.8) is 0 Å². The van der Waals surface area contributed by atoms with E-state index in [1.165, 1.54) is 0 Å². The number of benzene rings is 2. The van der Waals surface area contributed by atoms with Crippen LogP contribution in [0.15, 0.2) is 36.4 Å². The van der Waals surface area contributed by atoms with Crippen molar-refractivity contribution in [1.29, 1.82) is 0 Å². The van der Waals surface area contributed by atoms with Crippen LogP contribution in [0.3, 0.4) is 0 Å². The lowest BCUT2D eigenvalue weighted by molar-refractivity contribution is -0.126. The highest BCUT2D eigenvalue weighted by molar-refractivity contribution is 6.32. The number of amides is 2. The van der Waals surface area contributed by atoms with Crippen LogP contribution >= 0.6 is 11.6 Å². The smallest absolute Gasteiger partial charge is 0.253 e. The zero-order chi connectivity index (χ0) is 21.1. The molecule has 2 aliphatic rings. The lowest BCUT2D eigenvalue weighted by atomic mass is 9.96. The molecule has 0 bridgehead atoms. The molecular weight excluding hydrogens is 404 g/mol. The van der Waals surface area contributed by atoms with E-state index in [-0.39, 0.29) is 17.7 Å². The number of piperidine rings is 1. The van der Waals surface area contributed by atoms with Gasteiger partial charge in [-0.05, 0) is 49.6 Å². The van der Waals surface area contributed by atoms with Crippen LogP contribution in [0.1, 0.15) is 34.3 Å². The topological polar surface area (TPSA) is 67.9 Å². The number of hydrogen-bond donors (Lipinski definition) is 1. The van der Waals surface area contributed by atoms with E-state index >= 15 is 0 Å². The van der Waals surface area contributed by atoms with Gasteiger partial charge in [-0.2, -0.15) is 0 Å². The summed E-state index contributed by atoms with van der Waals surface area (Å²) in [5.74, 6) is 0.857. The first-order valence-electron chi connectivity index (χ1n) is 10.2. The van der Waals surface area contributed by atoms with Crippen molar-refractivity contribution >= 4 is 23.4 Å². The lowest BCUT2D eigenvalue weighted by Gasteiger charge is -2.32. The number of fused-ring (bicyclic) bond motifs is 1. The predicted octanol–water partition coefficient (Wildman–Crippen LogP) is 3.59. The van der Waals surface area contributed by atoms with Crippen molar-refractivity contribution in [1.82, 2.24) is 10.2 Å². The van der Waals surface area contributed by atoms with E-state index in [4.69, 9.17) is 21.1 Å². The quantitative estimate of drug-likeness (QED) is 0.808. The number of likely N-dealkylation sites (tertiary alicyclic amines) is 1. The Morgan fingerprint density at radius 1 is 1.17 bits per heavy atom. The van der Waals surface area contributed by atoms with Gasteiger partial charge in [-0.15, -0.1) is 0 Å².